The molecule has 0 radical (unpaired) electrons. The fourth-order valence-corrected chi connectivity index (χ4v) is 4.72. The highest BCUT2D eigenvalue weighted by molar-refractivity contribution is 7.81. The molecule has 0 saturated carbocycles. The first-order chi connectivity index (χ1) is 14.7. The second-order valence-electron chi connectivity index (χ2n) is 8.56. The Morgan fingerprint density at radius 2 is 1.81 bits per heavy atom. The van der Waals surface area contributed by atoms with Crippen molar-refractivity contribution in [3.05, 3.63) is 47.0 Å². The number of ketones is 1. The number of Topliss-reactive ketones (excluding diaryl/α,β-unsaturated/α-hetero) is 1. The van der Waals surface area contributed by atoms with Crippen LogP contribution in [0.15, 0.2) is 30.3 Å². The van der Waals surface area contributed by atoms with E-state index in [4.69, 9.17) is 36.3 Å². The molecular formula is C24H24O6S. The molecule has 2 atom stereocenters. The fraction of sp³-hybridized carbons (Fsp3) is 0.375. The van der Waals surface area contributed by atoms with E-state index in [1.807, 2.05) is 38.1 Å². The monoisotopic (exact) mass is 440 g/mol. The molecule has 0 bridgehead atoms. The van der Waals surface area contributed by atoms with Crippen molar-refractivity contribution in [3.63, 3.8) is 0 Å². The molecule has 2 unspecified atom stereocenters. The molecule has 6 nitrogen and oxygen atoms in total. The minimum atomic E-state index is -1.13. The minimum Gasteiger partial charge on any atom is -0.493 e. The zero-order valence-corrected chi connectivity index (χ0v) is 18.7. The summed E-state index contributed by atoms with van der Waals surface area (Å²) in [5.74, 6) is 2.41. The van der Waals surface area contributed by atoms with Crippen LogP contribution < -0.4 is 23.7 Å². The van der Waals surface area contributed by atoms with E-state index < -0.39 is 16.5 Å². The lowest BCUT2D eigenvalue weighted by Gasteiger charge is -2.40. The maximum Gasteiger partial charge on any atom is 0.196 e. The van der Waals surface area contributed by atoms with E-state index in [0.29, 0.717) is 40.7 Å². The van der Waals surface area contributed by atoms with Crippen molar-refractivity contribution in [1.82, 2.24) is 0 Å². The molecule has 5 rings (SSSR count). The van der Waals surface area contributed by atoms with Gasteiger partial charge in [0.15, 0.2) is 22.2 Å². The van der Waals surface area contributed by atoms with Crippen molar-refractivity contribution >= 4 is 24.5 Å². The van der Waals surface area contributed by atoms with Gasteiger partial charge in [-0.3, -0.25) is 4.79 Å². The number of fused-ring (bicyclic) bond motifs is 5. The lowest BCUT2D eigenvalue weighted by Crippen LogP contribution is -2.50. The summed E-state index contributed by atoms with van der Waals surface area (Å²) >= 11 is 4.84. The standard InChI is InChI=1S/C24H24O6S/c1-23(2)8-7-14-17(29-23)6-5-15-21(25)16-9-13-10-19(26-3)20(27-4)11-18(13)28-12-24(16,31)30-22(14)15/h5-8,10-11,16,31H,9,12H2,1-4H3. The predicted molar refractivity (Wildman–Crippen MR) is 119 cm³/mol. The Balaban J connectivity index is 1.58. The molecule has 0 fully saturated rings. The first-order valence-corrected chi connectivity index (χ1v) is 10.6. The van der Waals surface area contributed by atoms with Crippen LogP contribution >= 0.6 is 12.6 Å². The number of rotatable bonds is 2. The molecular weight excluding hydrogens is 416 g/mol. The average Bonchev–Trinajstić information content (AvgIpc) is 2.88. The van der Waals surface area contributed by atoms with Crippen molar-refractivity contribution in [3.8, 4) is 28.7 Å². The van der Waals surface area contributed by atoms with Crippen LogP contribution in [0.25, 0.3) is 6.08 Å². The summed E-state index contributed by atoms with van der Waals surface area (Å²) in [7, 11) is 3.15. The lowest BCUT2D eigenvalue weighted by atomic mass is 9.83. The largest absolute Gasteiger partial charge is 0.493 e. The molecule has 31 heavy (non-hydrogen) atoms. The number of hydrogen-bond donors (Lipinski definition) is 1. The van der Waals surface area contributed by atoms with Gasteiger partial charge < -0.3 is 23.7 Å². The quantitative estimate of drug-likeness (QED) is 0.701. The molecule has 3 aliphatic heterocycles. The third-order valence-electron chi connectivity index (χ3n) is 6.01. The molecule has 2 aromatic carbocycles. The van der Waals surface area contributed by atoms with Crippen LogP contribution in [0.1, 0.15) is 35.3 Å². The van der Waals surface area contributed by atoms with E-state index in [-0.39, 0.29) is 12.4 Å². The summed E-state index contributed by atoms with van der Waals surface area (Å²) in [5.41, 5.74) is 1.71. The van der Waals surface area contributed by atoms with Gasteiger partial charge >= 0.3 is 0 Å². The molecule has 0 N–H and O–H groups in total. The Bertz CT molecular complexity index is 1120. The van der Waals surface area contributed by atoms with E-state index in [0.717, 1.165) is 11.1 Å². The molecule has 7 heteroatoms. The maximum atomic E-state index is 13.6. The molecule has 162 valence electrons. The molecule has 3 heterocycles. The number of carbonyl (C=O) groups is 1. The molecule has 3 aliphatic rings. The number of ether oxygens (including phenoxy) is 5. The Labute approximate surface area is 186 Å². The molecule has 0 amide bonds. The fourth-order valence-electron chi connectivity index (χ4n) is 4.35. The highest BCUT2D eigenvalue weighted by Gasteiger charge is 2.51. The van der Waals surface area contributed by atoms with Gasteiger partial charge in [-0.1, -0.05) is 0 Å². The van der Waals surface area contributed by atoms with Crippen molar-refractivity contribution < 1.29 is 28.5 Å². The number of methoxy groups -OCH3 is 2. The Morgan fingerprint density at radius 1 is 1.06 bits per heavy atom. The molecule has 2 aromatic rings. The molecule has 0 aliphatic carbocycles. The normalized spacial score (nSPS) is 24.8. The van der Waals surface area contributed by atoms with Crippen LogP contribution in [0.2, 0.25) is 0 Å². The van der Waals surface area contributed by atoms with Gasteiger partial charge in [0.1, 0.15) is 29.5 Å². The second-order valence-corrected chi connectivity index (χ2v) is 9.32. The second kappa shape index (κ2) is 6.85. The Kier molecular flexibility index (Phi) is 4.45. The zero-order chi connectivity index (χ0) is 22.0. The first-order valence-electron chi connectivity index (χ1n) is 10.1. The van der Waals surface area contributed by atoms with Crippen LogP contribution in [0.3, 0.4) is 0 Å². The third-order valence-corrected chi connectivity index (χ3v) is 6.54. The summed E-state index contributed by atoms with van der Waals surface area (Å²) in [5, 5.41) is 0. The Morgan fingerprint density at radius 3 is 2.55 bits per heavy atom. The van der Waals surface area contributed by atoms with Crippen LogP contribution in [0, 0.1) is 5.92 Å². The van der Waals surface area contributed by atoms with Crippen LogP contribution in [0.4, 0.5) is 0 Å². The number of carbonyl (C=O) groups excluding carboxylic acids is 1. The van der Waals surface area contributed by atoms with Gasteiger partial charge in [-0.15, -0.1) is 12.6 Å². The summed E-state index contributed by atoms with van der Waals surface area (Å²) in [4.78, 5) is 12.5. The summed E-state index contributed by atoms with van der Waals surface area (Å²) in [6.07, 6.45) is 4.32. The van der Waals surface area contributed by atoms with E-state index in [9.17, 15) is 4.79 Å². The number of hydrogen-bond acceptors (Lipinski definition) is 7. The topological polar surface area (TPSA) is 63.2 Å². The van der Waals surface area contributed by atoms with Crippen LogP contribution in [-0.2, 0) is 6.42 Å². The van der Waals surface area contributed by atoms with Crippen molar-refractivity contribution in [2.75, 3.05) is 20.8 Å². The summed E-state index contributed by atoms with van der Waals surface area (Å²) in [6.45, 7) is 4.06. The van der Waals surface area contributed by atoms with Crippen molar-refractivity contribution in [2.45, 2.75) is 30.8 Å². The zero-order valence-electron chi connectivity index (χ0n) is 17.9. The summed E-state index contributed by atoms with van der Waals surface area (Å²) in [6, 6.07) is 7.24. The average molecular weight is 441 g/mol. The van der Waals surface area contributed by atoms with Gasteiger partial charge in [-0.25, -0.2) is 0 Å². The van der Waals surface area contributed by atoms with Crippen molar-refractivity contribution in [2.24, 2.45) is 5.92 Å². The highest BCUT2D eigenvalue weighted by atomic mass is 32.1. The van der Waals surface area contributed by atoms with E-state index >= 15 is 0 Å². The minimum absolute atomic E-state index is 0.0245. The third kappa shape index (κ3) is 3.14. The van der Waals surface area contributed by atoms with Gasteiger partial charge in [0, 0.05) is 6.07 Å². The van der Waals surface area contributed by atoms with E-state index in [1.54, 1.807) is 26.4 Å². The smallest absolute Gasteiger partial charge is 0.196 e. The summed E-state index contributed by atoms with van der Waals surface area (Å²) < 4.78 is 29.4. The number of thiol groups is 1. The van der Waals surface area contributed by atoms with Crippen LogP contribution in [-0.4, -0.2) is 37.1 Å². The molecule has 0 saturated heterocycles. The van der Waals surface area contributed by atoms with E-state index in [2.05, 4.69) is 0 Å². The molecule has 0 aromatic heterocycles. The van der Waals surface area contributed by atoms with Gasteiger partial charge in [-0.05, 0) is 56.2 Å². The van der Waals surface area contributed by atoms with Gasteiger partial charge in [0.25, 0.3) is 0 Å². The van der Waals surface area contributed by atoms with Gasteiger partial charge in [-0.2, -0.15) is 0 Å². The maximum absolute atomic E-state index is 13.6. The van der Waals surface area contributed by atoms with Crippen molar-refractivity contribution in [1.29, 1.82) is 0 Å². The van der Waals surface area contributed by atoms with Crippen LogP contribution in [0.5, 0.6) is 28.7 Å². The predicted octanol–water partition coefficient (Wildman–Crippen LogP) is 4.34. The van der Waals surface area contributed by atoms with Gasteiger partial charge in [0.2, 0.25) is 0 Å². The highest BCUT2D eigenvalue weighted by Crippen LogP contribution is 2.50. The lowest BCUT2D eigenvalue weighted by molar-refractivity contribution is 0.0362. The Hall–Kier alpha value is -2.80. The van der Waals surface area contributed by atoms with E-state index in [1.165, 1.54) is 0 Å². The number of benzene rings is 2. The first kappa shape index (κ1) is 20.1. The molecule has 0 spiro atoms. The van der Waals surface area contributed by atoms with Gasteiger partial charge in [0.05, 0.1) is 31.3 Å². The SMILES string of the molecule is COc1cc2c(cc1OC)OCC1(S)Oc3c(ccc4c3C=CC(C)(C)O4)C(=O)C1C2.